The summed E-state index contributed by atoms with van der Waals surface area (Å²) < 4.78 is 2.44. The van der Waals surface area contributed by atoms with Crippen LogP contribution in [0.3, 0.4) is 0 Å². The Balaban J connectivity index is 1.10. The molecule has 2 aliphatic rings. The summed E-state index contributed by atoms with van der Waals surface area (Å²) in [5.41, 5.74) is 16.0. The van der Waals surface area contributed by atoms with Crippen molar-refractivity contribution in [2.24, 2.45) is 0 Å². The topological polar surface area (TPSA) is 34.0 Å². The van der Waals surface area contributed by atoms with E-state index in [-0.39, 0.29) is 5.41 Å². The van der Waals surface area contributed by atoms with E-state index in [4.69, 9.17) is 9.97 Å². The number of fused-ring (bicyclic) bond motifs is 8. The Kier molecular flexibility index (Phi) is 8.89. The minimum absolute atomic E-state index is 0.168. The lowest BCUT2D eigenvalue weighted by molar-refractivity contribution is 0.632. The number of hydrogen-bond donors (Lipinski definition) is 0. The van der Waals surface area contributed by atoms with Crippen molar-refractivity contribution in [3.8, 4) is 28.2 Å². The standard InChI is InChI=1S/C57H46N4/c1-4-5-6-10-26-49-45-24-13-15-27-50(45)59-56(58-49)41-19-17-22-43(35-41)61-52-34-31-38-18-11-12-23-44(38)55(52)46-32-29-39(36-53(46)61)40-30-33-48-54(37-40)60(42-20-8-7-9-21-42)51-28-16-14-25-47(51)57(48,2)3/h4,7-12,14-23,25-37H,1,5-6,13,24H2,2-3H3/b26-10+. The summed E-state index contributed by atoms with van der Waals surface area (Å²) in [5.74, 6) is 0.740. The maximum Gasteiger partial charge on any atom is 0.160 e. The maximum absolute atomic E-state index is 5.21. The van der Waals surface area contributed by atoms with Gasteiger partial charge in [-0.2, -0.15) is 0 Å². The molecule has 7 aromatic carbocycles. The van der Waals surface area contributed by atoms with E-state index in [2.05, 4.69) is 206 Å². The van der Waals surface area contributed by atoms with E-state index in [0.717, 1.165) is 65.4 Å². The van der Waals surface area contributed by atoms with Gasteiger partial charge in [0.25, 0.3) is 0 Å². The molecule has 0 saturated heterocycles. The second-order valence-corrected chi connectivity index (χ2v) is 16.8. The lowest BCUT2D eigenvalue weighted by Gasteiger charge is -2.42. The highest BCUT2D eigenvalue weighted by Gasteiger charge is 2.37. The van der Waals surface area contributed by atoms with Crippen LogP contribution in [0.2, 0.25) is 0 Å². The number of rotatable bonds is 8. The summed E-state index contributed by atoms with van der Waals surface area (Å²) in [6.07, 6.45) is 14.6. The molecule has 0 fully saturated rings. The molecule has 0 unspecified atom stereocenters. The van der Waals surface area contributed by atoms with E-state index in [0.29, 0.717) is 0 Å². The third kappa shape index (κ3) is 6.13. The molecular formula is C57H46N4. The Hall–Kier alpha value is -7.30. The van der Waals surface area contributed by atoms with Crippen LogP contribution < -0.4 is 4.90 Å². The number of unbranched alkanes of at least 4 members (excludes halogenated alkanes) is 1. The maximum atomic E-state index is 5.21. The van der Waals surface area contributed by atoms with Crippen molar-refractivity contribution >= 4 is 61.8 Å². The fourth-order valence-electron chi connectivity index (χ4n) is 9.79. The van der Waals surface area contributed by atoms with Gasteiger partial charge < -0.3 is 9.47 Å². The minimum Gasteiger partial charge on any atom is -0.310 e. The molecule has 1 aliphatic heterocycles. The van der Waals surface area contributed by atoms with E-state index in [9.17, 15) is 0 Å². The summed E-state index contributed by atoms with van der Waals surface area (Å²) in [5, 5.41) is 4.96. The van der Waals surface area contributed by atoms with Gasteiger partial charge in [-0.3, -0.25) is 0 Å². The Morgan fingerprint density at radius 1 is 0.639 bits per heavy atom. The molecule has 1 aliphatic carbocycles. The monoisotopic (exact) mass is 786 g/mol. The van der Waals surface area contributed by atoms with Crippen LogP contribution in [0, 0.1) is 0 Å². The zero-order valence-electron chi connectivity index (χ0n) is 34.6. The Morgan fingerprint density at radius 3 is 2.33 bits per heavy atom. The molecule has 0 radical (unpaired) electrons. The average Bonchev–Trinajstić information content (AvgIpc) is 3.65. The fourth-order valence-corrected chi connectivity index (χ4v) is 9.79. The van der Waals surface area contributed by atoms with Gasteiger partial charge in [-0.05, 0) is 119 Å². The molecule has 4 nitrogen and oxygen atoms in total. The van der Waals surface area contributed by atoms with E-state index in [1.807, 2.05) is 6.08 Å². The summed E-state index contributed by atoms with van der Waals surface area (Å²) >= 11 is 0. The molecule has 9 aromatic rings. The molecule has 4 heteroatoms. The van der Waals surface area contributed by atoms with Crippen LogP contribution >= 0.6 is 0 Å². The molecule has 0 amide bonds. The van der Waals surface area contributed by atoms with Crippen molar-refractivity contribution < 1.29 is 0 Å². The van der Waals surface area contributed by atoms with Crippen LogP contribution in [-0.2, 0) is 11.8 Å². The molecule has 11 rings (SSSR count). The highest BCUT2D eigenvalue weighted by Crippen LogP contribution is 2.52. The van der Waals surface area contributed by atoms with Gasteiger partial charge >= 0.3 is 0 Å². The van der Waals surface area contributed by atoms with Gasteiger partial charge in [0.15, 0.2) is 5.82 Å². The zero-order chi connectivity index (χ0) is 41.1. The highest BCUT2D eigenvalue weighted by molar-refractivity contribution is 6.21. The second kappa shape index (κ2) is 14.8. The zero-order valence-corrected chi connectivity index (χ0v) is 34.6. The Labute approximate surface area is 357 Å². The lowest BCUT2D eigenvalue weighted by Crippen LogP contribution is -2.30. The molecule has 294 valence electrons. The second-order valence-electron chi connectivity index (χ2n) is 16.8. The summed E-state index contributed by atoms with van der Waals surface area (Å²) in [6, 6.07) is 55.8. The Bertz CT molecular complexity index is 3250. The van der Waals surface area contributed by atoms with Gasteiger partial charge in [0, 0.05) is 38.7 Å². The Morgan fingerprint density at radius 2 is 1.43 bits per heavy atom. The number of nitrogens with zero attached hydrogens (tertiary/aromatic N) is 4. The number of hydrogen-bond acceptors (Lipinski definition) is 3. The van der Waals surface area contributed by atoms with Crippen LogP contribution in [0.25, 0.3) is 72.9 Å². The number of allylic oxidation sites excluding steroid dienone is 3. The first-order valence-electron chi connectivity index (χ1n) is 21.5. The van der Waals surface area contributed by atoms with Crippen LogP contribution in [0.4, 0.5) is 17.1 Å². The first-order chi connectivity index (χ1) is 30.0. The van der Waals surface area contributed by atoms with Gasteiger partial charge in [0.1, 0.15) is 0 Å². The molecule has 2 aromatic heterocycles. The van der Waals surface area contributed by atoms with Crippen molar-refractivity contribution in [3.05, 3.63) is 205 Å². The molecule has 0 N–H and O–H groups in total. The number of anilines is 3. The SMILES string of the molecule is C=CCC/C=C/c1nc(-c2cccc(-n3c4cc(-c5ccc6c(c5)N(c5ccccc5)c5ccccc5C6(C)C)ccc4c4c5ccccc5ccc43)c2)nc2c1CCC=C2. The summed E-state index contributed by atoms with van der Waals surface area (Å²) in [6.45, 7) is 8.60. The minimum atomic E-state index is -0.168. The summed E-state index contributed by atoms with van der Waals surface area (Å²) in [4.78, 5) is 12.8. The molecule has 0 saturated carbocycles. The van der Waals surface area contributed by atoms with Crippen molar-refractivity contribution in [3.63, 3.8) is 0 Å². The first-order valence-corrected chi connectivity index (χ1v) is 21.5. The third-order valence-electron chi connectivity index (χ3n) is 12.8. The van der Waals surface area contributed by atoms with Gasteiger partial charge in [-0.15, -0.1) is 6.58 Å². The van der Waals surface area contributed by atoms with E-state index in [1.54, 1.807) is 0 Å². The van der Waals surface area contributed by atoms with Crippen LogP contribution in [0.15, 0.2) is 176 Å². The molecule has 0 spiro atoms. The third-order valence-corrected chi connectivity index (χ3v) is 12.8. The fraction of sp³-hybridized carbons (Fsp3) is 0.123. The largest absolute Gasteiger partial charge is 0.310 e. The molecular weight excluding hydrogens is 741 g/mol. The van der Waals surface area contributed by atoms with Crippen LogP contribution in [-0.4, -0.2) is 14.5 Å². The quantitative estimate of drug-likeness (QED) is 0.114. The molecule has 0 bridgehead atoms. The average molecular weight is 787 g/mol. The van der Waals surface area contributed by atoms with Crippen molar-refractivity contribution in [2.75, 3.05) is 4.90 Å². The van der Waals surface area contributed by atoms with Crippen molar-refractivity contribution in [1.82, 2.24) is 14.5 Å². The van der Waals surface area contributed by atoms with Gasteiger partial charge in [-0.1, -0.05) is 135 Å². The van der Waals surface area contributed by atoms with E-state index < -0.39 is 0 Å². The van der Waals surface area contributed by atoms with Crippen LogP contribution in [0.5, 0.6) is 0 Å². The van der Waals surface area contributed by atoms with Gasteiger partial charge in [0.05, 0.1) is 33.8 Å². The predicted octanol–water partition coefficient (Wildman–Crippen LogP) is 15.1. The van der Waals surface area contributed by atoms with Gasteiger partial charge in [-0.25, -0.2) is 9.97 Å². The van der Waals surface area contributed by atoms with Crippen molar-refractivity contribution in [1.29, 1.82) is 0 Å². The molecule has 3 heterocycles. The van der Waals surface area contributed by atoms with Crippen molar-refractivity contribution in [2.45, 2.75) is 44.9 Å². The first kappa shape index (κ1) is 36.8. The van der Waals surface area contributed by atoms with E-state index in [1.165, 1.54) is 66.3 Å². The highest BCUT2D eigenvalue weighted by atomic mass is 15.2. The predicted molar refractivity (Wildman–Crippen MR) is 257 cm³/mol. The molecule has 61 heavy (non-hydrogen) atoms. The number of benzene rings is 7. The van der Waals surface area contributed by atoms with Gasteiger partial charge in [0.2, 0.25) is 0 Å². The summed E-state index contributed by atoms with van der Waals surface area (Å²) in [7, 11) is 0. The lowest BCUT2D eigenvalue weighted by atomic mass is 9.73. The van der Waals surface area contributed by atoms with E-state index >= 15 is 0 Å². The molecule has 0 atom stereocenters. The normalized spacial score (nSPS) is 14.1. The smallest absolute Gasteiger partial charge is 0.160 e. The van der Waals surface area contributed by atoms with Crippen LogP contribution in [0.1, 0.15) is 61.2 Å². The number of aromatic nitrogens is 3. The number of para-hydroxylation sites is 2.